The van der Waals surface area contributed by atoms with E-state index in [-0.39, 0.29) is 10.8 Å². The first-order chi connectivity index (χ1) is 15.6. The second-order valence-corrected chi connectivity index (χ2v) is 10.1. The lowest BCUT2D eigenvalue weighted by atomic mass is 10.1. The first kappa shape index (κ1) is 24.7. The summed E-state index contributed by atoms with van der Waals surface area (Å²) in [4.78, 5) is 13.0. The van der Waals surface area contributed by atoms with Gasteiger partial charge in [-0.3, -0.25) is 9.48 Å². The molecule has 0 aliphatic carbocycles. The molecule has 0 aliphatic rings. The number of hydrogen-bond donors (Lipinski definition) is 1. The molecule has 3 rings (SSSR count). The van der Waals surface area contributed by atoms with Gasteiger partial charge in [0.15, 0.2) is 0 Å². The Balaban J connectivity index is 1.74. The van der Waals surface area contributed by atoms with Crippen molar-refractivity contribution in [3.63, 3.8) is 0 Å². The quantitative estimate of drug-likeness (QED) is 0.517. The van der Waals surface area contributed by atoms with E-state index in [1.807, 2.05) is 48.9 Å². The van der Waals surface area contributed by atoms with Gasteiger partial charge in [0, 0.05) is 30.9 Å². The molecule has 0 radical (unpaired) electrons. The second-order valence-electron chi connectivity index (χ2n) is 8.15. The number of amides is 1. The third-order valence-corrected chi connectivity index (χ3v) is 7.72. The van der Waals surface area contributed by atoms with Crippen molar-refractivity contribution in [2.75, 3.05) is 13.1 Å². The summed E-state index contributed by atoms with van der Waals surface area (Å²) in [5.41, 5.74) is 5.23. The highest BCUT2D eigenvalue weighted by Gasteiger charge is 2.23. The second kappa shape index (κ2) is 10.3. The Bertz CT molecular complexity index is 1240. The number of carbonyl (C=O) groups is 1. The van der Waals surface area contributed by atoms with Gasteiger partial charge in [-0.05, 0) is 55.7 Å². The number of benzene rings is 2. The Morgan fingerprint density at radius 3 is 2.33 bits per heavy atom. The maximum Gasteiger partial charge on any atom is 0.251 e. The van der Waals surface area contributed by atoms with E-state index in [0.29, 0.717) is 31.7 Å². The number of sulfonamides is 1. The maximum absolute atomic E-state index is 12.9. The predicted molar refractivity (Wildman–Crippen MR) is 130 cm³/mol. The Morgan fingerprint density at radius 1 is 1.00 bits per heavy atom. The van der Waals surface area contributed by atoms with Crippen LogP contribution in [0.4, 0.5) is 0 Å². The molecule has 0 atom stereocenters. The average molecular weight is 469 g/mol. The largest absolute Gasteiger partial charge is 0.348 e. The van der Waals surface area contributed by atoms with Gasteiger partial charge >= 0.3 is 0 Å². The summed E-state index contributed by atoms with van der Waals surface area (Å²) in [7, 11) is -3.63. The van der Waals surface area contributed by atoms with Gasteiger partial charge < -0.3 is 5.32 Å². The van der Waals surface area contributed by atoms with Gasteiger partial charge in [-0.2, -0.15) is 9.40 Å². The molecule has 33 heavy (non-hydrogen) atoms. The molecule has 1 N–H and O–H groups in total. The van der Waals surface area contributed by atoms with E-state index >= 15 is 0 Å². The molecule has 176 valence electrons. The van der Waals surface area contributed by atoms with E-state index in [2.05, 4.69) is 10.4 Å². The van der Waals surface area contributed by atoms with E-state index in [0.717, 1.165) is 28.1 Å². The molecule has 0 saturated heterocycles. The standard InChI is InChI=1S/C25H32N4O3S/c1-6-28(7-2)33(31,32)23-12-11-18(3)24(15-23)25(30)26-16-21-9-8-10-22(14-21)17-29-20(5)13-19(4)27-29/h8-15H,6-7,16-17H2,1-5H3,(H,26,30). The number of aryl methyl sites for hydroxylation is 3. The normalized spacial score (nSPS) is 11.7. The molecule has 0 fully saturated rings. The monoisotopic (exact) mass is 468 g/mol. The predicted octanol–water partition coefficient (Wildman–Crippen LogP) is 3.82. The van der Waals surface area contributed by atoms with E-state index < -0.39 is 10.0 Å². The minimum absolute atomic E-state index is 0.133. The van der Waals surface area contributed by atoms with Crippen molar-refractivity contribution in [3.05, 3.63) is 82.2 Å². The fraction of sp³-hybridized carbons (Fsp3) is 0.360. The number of aromatic nitrogens is 2. The Hall–Kier alpha value is -2.97. The topological polar surface area (TPSA) is 84.3 Å². The van der Waals surface area contributed by atoms with Crippen LogP contribution >= 0.6 is 0 Å². The maximum atomic E-state index is 12.9. The van der Waals surface area contributed by atoms with Crippen LogP contribution in [0.3, 0.4) is 0 Å². The highest BCUT2D eigenvalue weighted by molar-refractivity contribution is 7.89. The van der Waals surface area contributed by atoms with E-state index in [1.54, 1.807) is 32.9 Å². The Kier molecular flexibility index (Phi) is 7.71. The smallest absolute Gasteiger partial charge is 0.251 e. The van der Waals surface area contributed by atoms with Crippen LogP contribution in [0.15, 0.2) is 53.4 Å². The summed E-state index contributed by atoms with van der Waals surface area (Å²) in [6.07, 6.45) is 0. The van der Waals surface area contributed by atoms with Gasteiger partial charge in [0.25, 0.3) is 5.91 Å². The molecule has 1 amide bonds. The fourth-order valence-corrected chi connectivity index (χ4v) is 5.33. The Morgan fingerprint density at radius 2 is 1.70 bits per heavy atom. The van der Waals surface area contributed by atoms with Crippen LogP contribution in [0.2, 0.25) is 0 Å². The number of nitrogens with zero attached hydrogens (tertiary/aromatic N) is 3. The number of rotatable bonds is 9. The summed E-state index contributed by atoms with van der Waals surface area (Å²) < 4.78 is 29.1. The van der Waals surface area contributed by atoms with Gasteiger partial charge in [0.1, 0.15) is 0 Å². The molecule has 7 nitrogen and oxygen atoms in total. The van der Waals surface area contributed by atoms with Crippen LogP contribution in [0.5, 0.6) is 0 Å². The van der Waals surface area contributed by atoms with Crippen molar-refractivity contribution in [3.8, 4) is 0 Å². The van der Waals surface area contributed by atoms with Gasteiger partial charge in [-0.15, -0.1) is 0 Å². The van der Waals surface area contributed by atoms with Crippen LogP contribution in [-0.4, -0.2) is 41.5 Å². The van der Waals surface area contributed by atoms with E-state index in [9.17, 15) is 13.2 Å². The Labute approximate surface area is 196 Å². The van der Waals surface area contributed by atoms with Crippen LogP contribution < -0.4 is 5.32 Å². The molecular weight excluding hydrogens is 436 g/mol. The summed E-state index contributed by atoms with van der Waals surface area (Å²) in [6, 6.07) is 14.8. The van der Waals surface area contributed by atoms with Gasteiger partial charge in [0.05, 0.1) is 17.1 Å². The minimum Gasteiger partial charge on any atom is -0.348 e. The molecule has 1 aromatic heterocycles. The average Bonchev–Trinajstić information content (AvgIpc) is 3.09. The van der Waals surface area contributed by atoms with Crippen molar-refractivity contribution in [1.82, 2.24) is 19.4 Å². The molecule has 0 aliphatic heterocycles. The zero-order valence-corrected chi connectivity index (χ0v) is 20.7. The van der Waals surface area contributed by atoms with Gasteiger partial charge in [-0.25, -0.2) is 8.42 Å². The fourth-order valence-electron chi connectivity index (χ4n) is 3.84. The molecule has 0 bridgehead atoms. The molecule has 0 saturated carbocycles. The minimum atomic E-state index is -3.63. The molecule has 0 spiro atoms. The van der Waals surface area contributed by atoms with Crippen molar-refractivity contribution >= 4 is 15.9 Å². The number of hydrogen-bond acceptors (Lipinski definition) is 4. The van der Waals surface area contributed by atoms with Crippen molar-refractivity contribution in [1.29, 1.82) is 0 Å². The highest BCUT2D eigenvalue weighted by Crippen LogP contribution is 2.20. The van der Waals surface area contributed by atoms with Crippen LogP contribution in [-0.2, 0) is 23.1 Å². The summed E-state index contributed by atoms with van der Waals surface area (Å²) in [5, 5.41) is 7.43. The molecule has 0 unspecified atom stereocenters. The van der Waals surface area contributed by atoms with Crippen LogP contribution in [0.1, 0.15) is 52.3 Å². The lowest BCUT2D eigenvalue weighted by Gasteiger charge is -2.19. The molecular formula is C25H32N4O3S. The highest BCUT2D eigenvalue weighted by atomic mass is 32.2. The zero-order valence-electron chi connectivity index (χ0n) is 19.9. The summed E-state index contributed by atoms with van der Waals surface area (Å²) >= 11 is 0. The van der Waals surface area contributed by atoms with Crippen LogP contribution in [0, 0.1) is 20.8 Å². The van der Waals surface area contributed by atoms with E-state index in [1.165, 1.54) is 10.4 Å². The third kappa shape index (κ3) is 5.69. The number of carbonyl (C=O) groups excluding carboxylic acids is 1. The summed E-state index contributed by atoms with van der Waals surface area (Å²) in [6.45, 7) is 11.2. The lowest BCUT2D eigenvalue weighted by Crippen LogP contribution is -2.31. The lowest BCUT2D eigenvalue weighted by molar-refractivity contribution is 0.0950. The molecule has 2 aromatic carbocycles. The molecule has 1 heterocycles. The van der Waals surface area contributed by atoms with E-state index in [4.69, 9.17) is 0 Å². The molecule has 8 heteroatoms. The van der Waals surface area contributed by atoms with Gasteiger partial charge in [-0.1, -0.05) is 44.2 Å². The van der Waals surface area contributed by atoms with Crippen molar-refractivity contribution in [2.45, 2.75) is 52.6 Å². The van der Waals surface area contributed by atoms with Crippen molar-refractivity contribution in [2.24, 2.45) is 0 Å². The first-order valence-corrected chi connectivity index (χ1v) is 12.6. The third-order valence-electron chi connectivity index (χ3n) is 5.68. The van der Waals surface area contributed by atoms with Crippen LogP contribution in [0.25, 0.3) is 0 Å². The number of nitrogens with one attached hydrogen (secondary N) is 1. The summed E-state index contributed by atoms with van der Waals surface area (Å²) in [5.74, 6) is -0.298. The SMILES string of the molecule is CCN(CC)S(=O)(=O)c1ccc(C)c(C(=O)NCc2cccc(Cn3nc(C)cc3C)c2)c1. The first-order valence-electron chi connectivity index (χ1n) is 11.1. The van der Waals surface area contributed by atoms with Crippen molar-refractivity contribution < 1.29 is 13.2 Å². The molecule has 3 aromatic rings. The van der Waals surface area contributed by atoms with Gasteiger partial charge in [0.2, 0.25) is 10.0 Å². The zero-order chi connectivity index (χ0) is 24.2.